The number of hydrogen-bond donors (Lipinski definition) is 0. The molecule has 14 aromatic rings. The van der Waals surface area contributed by atoms with Crippen LogP contribution in [0.5, 0.6) is 0 Å². The van der Waals surface area contributed by atoms with Gasteiger partial charge in [0.1, 0.15) is 0 Å². The zero-order chi connectivity index (χ0) is 39.7. The summed E-state index contributed by atoms with van der Waals surface area (Å²) in [7, 11) is 0. The van der Waals surface area contributed by atoms with Gasteiger partial charge in [-0.1, -0.05) is 109 Å². The molecule has 14 aromatic carbocycles. The van der Waals surface area contributed by atoms with Crippen LogP contribution >= 0.6 is 0 Å². The molecular formula is C56H26O4. The van der Waals surface area contributed by atoms with Crippen molar-refractivity contribution in [3.63, 3.8) is 0 Å². The van der Waals surface area contributed by atoms with Gasteiger partial charge in [-0.3, -0.25) is 19.2 Å². The van der Waals surface area contributed by atoms with E-state index < -0.39 is 0 Å². The largest absolute Gasteiger partial charge is 0.289 e. The lowest BCUT2D eigenvalue weighted by Gasteiger charge is -2.09. The van der Waals surface area contributed by atoms with Crippen LogP contribution in [-0.4, -0.2) is 0 Å². The normalized spacial score (nSPS) is 12.6. The summed E-state index contributed by atoms with van der Waals surface area (Å²) in [6.45, 7) is 0. The van der Waals surface area contributed by atoms with Crippen molar-refractivity contribution < 1.29 is 0 Å². The van der Waals surface area contributed by atoms with E-state index in [0.717, 1.165) is 108 Å². The van der Waals surface area contributed by atoms with Crippen molar-refractivity contribution in [2.24, 2.45) is 0 Å². The molecule has 0 unspecified atom stereocenters. The van der Waals surface area contributed by atoms with E-state index in [1.807, 2.05) is 103 Å². The van der Waals surface area contributed by atoms with Gasteiger partial charge in [0.15, 0.2) is 21.7 Å². The Balaban J connectivity index is 0.986. The Morgan fingerprint density at radius 3 is 1.15 bits per heavy atom. The molecule has 0 aromatic heterocycles. The first-order valence-electron chi connectivity index (χ1n) is 20.2. The molecule has 0 heterocycles. The molecule has 274 valence electrons. The summed E-state index contributed by atoms with van der Waals surface area (Å²) in [5.41, 5.74) is 1.88. The summed E-state index contributed by atoms with van der Waals surface area (Å²) >= 11 is 0. The second kappa shape index (κ2) is 10.9. The predicted molar refractivity (Wildman–Crippen MR) is 252 cm³/mol. The molecule has 4 nitrogen and oxygen atoms in total. The van der Waals surface area contributed by atoms with Gasteiger partial charge in [-0.25, -0.2) is 0 Å². The lowest BCUT2D eigenvalue weighted by atomic mass is 9.93. The van der Waals surface area contributed by atoms with Crippen LogP contribution in [0.15, 0.2) is 177 Å². The van der Waals surface area contributed by atoms with Crippen LogP contribution in [0.1, 0.15) is 0 Å². The van der Waals surface area contributed by atoms with Crippen LogP contribution in [-0.2, 0) is 0 Å². The molecule has 0 spiro atoms. The van der Waals surface area contributed by atoms with Crippen LogP contribution in [0, 0.1) is 0 Å². The minimum absolute atomic E-state index is 0.00253. The lowest BCUT2D eigenvalue weighted by molar-refractivity contribution is 1.70. The molecule has 0 saturated heterocycles. The van der Waals surface area contributed by atoms with Crippen molar-refractivity contribution in [1.82, 2.24) is 0 Å². The fourth-order valence-electron chi connectivity index (χ4n) is 10.9. The first kappa shape index (κ1) is 31.9. The summed E-state index contributed by atoms with van der Waals surface area (Å²) < 4.78 is 0. The van der Waals surface area contributed by atoms with Crippen LogP contribution in [0.2, 0.25) is 0 Å². The highest BCUT2D eigenvalue weighted by Crippen LogP contribution is 2.43. The van der Waals surface area contributed by atoms with E-state index in [1.165, 1.54) is 0 Å². The van der Waals surface area contributed by atoms with Gasteiger partial charge >= 0.3 is 0 Å². The van der Waals surface area contributed by atoms with Gasteiger partial charge in [0.25, 0.3) is 0 Å². The van der Waals surface area contributed by atoms with Crippen LogP contribution in [0.25, 0.3) is 140 Å². The number of hydrogen-bond acceptors (Lipinski definition) is 4. The molecular weight excluding hydrogens is 737 g/mol. The Labute approximate surface area is 337 Å². The van der Waals surface area contributed by atoms with E-state index in [9.17, 15) is 19.2 Å². The third kappa shape index (κ3) is 3.82. The predicted octanol–water partition coefficient (Wildman–Crippen LogP) is 12.4. The molecule has 0 N–H and O–H groups in total. The Kier molecular flexibility index (Phi) is 5.80. The van der Waals surface area contributed by atoms with Crippen molar-refractivity contribution in [3.8, 4) is 11.1 Å². The Bertz CT molecular complexity index is 4550. The maximum absolute atomic E-state index is 14.3. The fraction of sp³-hybridized carbons (Fsp3) is 0. The van der Waals surface area contributed by atoms with Crippen LogP contribution < -0.4 is 21.7 Å². The molecule has 0 fully saturated rings. The van der Waals surface area contributed by atoms with Gasteiger partial charge in [-0.15, -0.1) is 0 Å². The monoisotopic (exact) mass is 762 g/mol. The number of fused-ring (bicyclic) bond motifs is 21. The lowest BCUT2D eigenvalue weighted by Crippen LogP contribution is -1.98. The minimum Gasteiger partial charge on any atom is -0.289 e. The second-order valence-corrected chi connectivity index (χ2v) is 16.4. The molecule has 0 atom stereocenters. The van der Waals surface area contributed by atoms with E-state index in [2.05, 4.69) is 54.6 Å². The number of benzene rings is 10. The summed E-state index contributed by atoms with van der Waals surface area (Å²) in [4.78, 5) is 55.9. The average Bonchev–Trinajstić information content (AvgIpc) is 3.96. The zero-order valence-electron chi connectivity index (χ0n) is 31.6. The molecule has 0 bridgehead atoms. The van der Waals surface area contributed by atoms with Gasteiger partial charge < -0.3 is 0 Å². The van der Waals surface area contributed by atoms with Gasteiger partial charge in [-0.05, 0) is 124 Å². The molecule has 0 saturated carbocycles. The highest BCUT2D eigenvalue weighted by Gasteiger charge is 2.23. The highest BCUT2D eigenvalue weighted by molar-refractivity contribution is 6.40. The molecule has 0 aliphatic heterocycles. The fourth-order valence-corrected chi connectivity index (χ4v) is 10.9. The number of rotatable bonds is 1. The standard InChI is InChI=1S/C56H26O4/c57-53-37-10-4-1-7-33(37)47-40(53)19-16-30-25-43-31(24-42(30)47)17-20-41-48(43)36-18-15-28(23-46(36)54(41)58)27-13-14-29-22-44-45(26-32(29)21-27)52-50(35-9-3-6-12-39(35)56(52)60)49-34-8-2-5-11-38(34)55(59)51(44)49/h1-26H. The van der Waals surface area contributed by atoms with Crippen molar-refractivity contribution in [3.05, 3.63) is 199 Å². The molecule has 0 amide bonds. The van der Waals surface area contributed by atoms with E-state index in [1.54, 1.807) is 0 Å². The van der Waals surface area contributed by atoms with E-state index in [-0.39, 0.29) is 21.7 Å². The second-order valence-electron chi connectivity index (χ2n) is 16.4. The van der Waals surface area contributed by atoms with Gasteiger partial charge in [0.05, 0.1) is 0 Å². The highest BCUT2D eigenvalue weighted by atomic mass is 16.1. The van der Waals surface area contributed by atoms with Gasteiger partial charge in [-0.2, -0.15) is 0 Å². The molecule has 0 aliphatic carbocycles. The minimum atomic E-state index is -0.0256. The first-order chi connectivity index (χ1) is 29.4. The van der Waals surface area contributed by atoms with E-state index in [4.69, 9.17) is 0 Å². The van der Waals surface area contributed by atoms with Crippen molar-refractivity contribution in [2.45, 2.75) is 0 Å². The van der Waals surface area contributed by atoms with Crippen molar-refractivity contribution >= 4 is 129 Å². The van der Waals surface area contributed by atoms with Crippen LogP contribution in [0.3, 0.4) is 0 Å². The molecule has 60 heavy (non-hydrogen) atoms. The molecule has 14 rings (SSSR count). The molecule has 0 radical (unpaired) electrons. The van der Waals surface area contributed by atoms with Crippen LogP contribution in [0.4, 0.5) is 0 Å². The van der Waals surface area contributed by atoms with E-state index >= 15 is 0 Å². The Hall–Kier alpha value is -8.08. The SMILES string of the molecule is O=c1c2ccccc2c2c1ccc1cc3c(ccc4c(=O)c5cc(-c6ccc7cc8c(cc7c6)c6c(=O)c7ccccc7c6c6c7ccccc7c(=O)c86)ccc5c43)cc12. The van der Waals surface area contributed by atoms with E-state index in [0.29, 0.717) is 32.3 Å². The third-order valence-corrected chi connectivity index (χ3v) is 13.6. The summed E-state index contributed by atoms with van der Waals surface area (Å²) in [6, 6.07) is 52.0. The third-order valence-electron chi connectivity index (χ3n) is 13.6. The quantitative estimate of drug-likeness (QED) is 0.156. The summed E-state index contributed by atoms with van der Waals surface area (Å²) in [5.74, 6) is 0. The van der Waals surface area contributed by atoms with Gasteiger partial charge in [0, 0.05) is 64.6 Å². The maximum atomic E-state index is 14.3. The maximum Gasteiger partial charge on any atom is 0.194 e. The first-order valence-corrected chi connectivity index (χ1v) is 20.2. The topological polar surface area (TPSA) is 68.3 Å². The molecule has 4 heteroatoms. The zero-order valence-corrected chi connectivity index (χ0v) is 31.6. The van der Waals surface area contributed by atoms with Crippen molar-refractivity contribution in [1.29, 1.82) is 0 Å². The smallest absolute Gasteiger partial charge is 0.194 e. The Morgan fingerprint density at radius 2 is 0.583 bits per heavy atom. The average molecular weight is 763 g/mol. The van der Waals surface area contributed by atoms with Gasteiger partial charge in [0.2, 0.25) is 0 Å². The van der Waals surface area contributed by atoms with Crippen molar-refractivity contribution in [2.75, 3.05) is 0 Å². The summed E-state index contributed by atoms with van der Waals surface area (Å²) in [5, 5.41) is 20.2. The summed E-state index contributed by atoms with van der Waals surface area (Å²) in [6.07, 6.45) is 0. The Morgan fingerprint density at radius 1 is 0.200 bits per heavy atom. The molecule has 0 aliphatic rings.